The molecule has 0 radical (unpaired) electrons. The summed E-state index contributed by atoms with van der Waals surface area (Å²) < 4.78 is 7.81. The molecule has 34 heavy (non-hydrogen) atoms. The van der Waals surface area contributed by atoms with Gasteiger partial charge in [-0.15, -0.1) is 11.8 Å². The number of benzene rings is 1. The minimum atomic E-state index is -0.472. The van der Waals surface area contributed by atoms with Crippen LogP contribution >= 0.6 is 34.7 Å². The maximum Gasteiger partial charge on any atom is 0.357 e. The predicted molar refractivity (Wildman–Crippen MR) is 139 cm³/mol. The summed E-state index contributed by atoms with van der Waals surface area (Å²) in [5, 5.41) is 6.32. The molecule has 0 bridgehead atoms. The van der Waals surface area contributed by atoms with Crippen molar-refractivity contribution in [2.24, 2.45) is 0 Å². The fourth-order valence-electron chi connectivity index (χ4n) is 3.77. The molecule has 0 amide bonds. The van der Waals surface area contributed by atoms with Crippen molar-refractivity contribution in [3.63, 3.8) is 0 Å². The number of methoxy groups -OCH3 is 1. The van der Waals surface area contributed by atoms with Crippen LogP contribution in [0.25, 0.3) is 27.5 Å². The zero-order valence-electron chi connectivity index (χ0n) is 19.8. The minimum Gasteiger partial charge on any atom is -0.464 e. The number of pyridine rings is 1. The zero-order valence-corrected chi connectivity index (χ0v) is 22.2. The van der Waals surface area contributed by atoms with E-state index in [1.807, 2.05) is 57.2 Å². The van der Waals surface area contributed by atoms with Gasteiger partial charge in [-0.3, -0.25) is 4.98 Å². The summed E-state index contributed by atoms with van der Waals surface area (Å²) >= 11 is 9.48. The number of esters is 1. The molecule has 0 unspecified atom stereocenters. The Bertz CT molecular complexity index is 1360. The Morgan fingerprint density at radius 3 is 2.41 bits per heavy atom. The number of carbonyl (C=O) groups excluding carboxylic acids is 1. The molecule has 6 nitrogen and oxygen atoms in total. The first kappa shape index (κ1) is 24.4. The number of ether oxygens (including phenoxy) is 1. The number of carbonyl (C=O) groups is 1. The second kappa shape index (κ2) is 9.90. The van der Waals surface area contributed by atoms with E-state index in [0.717, 1.165) is 38.0 Å². The molecule has 4 rings (SSSR count). The van der Waals surface area contributed by atoms with Gasteiger partial charge in [-0.25, -0.2) is 9.78 Å². The highest BCUT2D eigenvalue weighted by atomic mass is 35.5. The molecule has 0 spiro atoms. The van der Waals surface area contributed by atoms with Gasteiger partial charge < -0.3 is 4.74 Å². The van der Waals surface area contributed by atoms with Crippen molar-refractivity contribution >= 4 is 40.7 Å². The fraction of sp³-hybridized carbons (Fsp3) is 0.280. The molecule has 0 saturated heterocycles. The first-order valence-electron chi connectivity index (χ1n) is 10.7. The molecule has 3 aromatic heterocycles. The average molecular weight is 513 g/mol. The van der Waals surface area contributed by atoms with Crippen LogP contribution in [0.1, 0.15) is 41.4 Å². The van der Waals surface area contributed by atoms with E-state index in [1.54, 1.807) is 16.4 Å². The molecule has 1 aromatic carbocycles. The van der Waals surface area contributed by atoms with Crippen molar-refractivity contribution in [3.05, 3.63) is 64.2 Å². The third-order valence-electron chi connectivity index (χ3n) is 5.02. The smallest absolute Gasteiger partial charge is 0.357 e. The Hall–Kier alpha value is -2.68. The molecule has 0 saturated carbocycles. The van der Waals surface area contributed by atoms with Crippen LogP contribution in [0.4, 0.5) is 0 Å². The molecule has 0 aliphatic rings. The molecule has 0 aliphatic heterocycles. The number of rotatable bonds is 6. The Morgan fingerprint density at radius 1 is 1.09 bits per heavy atom. The summed E-state index contributed by atoms with van der Waals surface area (Å²) in [5.41, 5.74) is 6.12. The van der Waals surface area contributed by atoms with Crippen LogP contribution in [-0.2, 0) is 4.74 Å². The van der Waals surface area contributed by atoms with Crippen LogP contribution in [0.2, 0.25) is 5.02 Å². The molecule has 9 heteroatoms. The number of halogens is 1. The number of aromatic nitrogens is 4. The van der Waals surface area contributed by atoms with Crippen molar-refractivity contribution in [2.45, 2.75) is 44.1 Å². The predicted octanol–water partition coefficient (Wildman–Crippen LogP) is 6.92. The lowest BCUT2D eigenvalue weighted by molar-refractivity contribution is 0.0591. The lowest BCUT2D eigenvalue weighted by atomic mass is 10.0. The van der Waals surface area contributed by atoms with E-state index in [0.29, 0.717) is 26.8 Å². The van der Waals surface area contributed by atoms with Crippen LogP contribution in [-0.4, -0.2) is 38.1 Å². The summed E-state index contributed by atoms with van der Waals surface area (Å²) in [5.74, 6) is -0.472. The maximum absolute atomic E-state index is 13.0. The van der Waals surface area contributed by atoms with Gasteiger partial charge in [0.2, 0.25) is 5.13 Å². The number of aryl methyl sites for hydroxylation is 3. The molecule has 0 fully saturated rings. The van der Waals surface area contributed by atoms with Gasteiger partial charge >= 0.3 is 5.97 Å². The van der Waals surface area contributed by atoms with E-state index >= 15 is 0 Å². The molecular weight excluding hydrogens is 488 g/mol. The van der Waals surface area contributed by atoms with Crippen molar-refractivity contribution in [3.8, 4) is 27.5 Å². The van der Waals surface area contributed by atoms with Crippen LogP contribution in [0.15, 0.2) is 40.6 Å². The van der Waals surface area contributed by atoms with Crippen LogP contribution in [0, 0.1) is 20.8 Å². The van der Waals surface area contributed by atoms with E-state index in [9.17, 15) is 4.79 Å². The van der Waals surface area contributed by atoms with Gasteiger partial charge in [-0.05, 0) is 50.6 Å². The summed E-state index contributed by atoms with van der Waals surface area (Å²) in [4.78, 5) is 22.4. The molecule has 3 heterocycles. The Morgan fingerprint density at radius 2 is 1.79 bits per heavy atom. The molecule has 0 aliphatic carbocycles. The Kier molecular flexibility index (Phi) is 7.12. The number of nitrogens with zero attached hydrogens (tertiary/aromatic N) is 4. The third-order valence-corrected chi connectivity index (χ3v) is 7.49. The fourth-order valence-corrected chi connectivity index (χ4v) is 6.44. The van der Waals surface area contributed by atoms with Crippen LogP contribution in [0.3, 0.4) is 0 Å². The minimum absolute atomic E-state index is 0.345. The van der Waals surface area contributed by atoms with Crippen LogP contribution in [0.5, 0.6) is 0 Å². The monoisotopic (exact) mass is 512 g/mol. The van der Waals surface area contributed by atoms with Gasteiger partial charge in [0.1, 0.15) is 0 Å². The highest BCUT2D eigenvalue weighted by Crippen LogP contribution is 2.41. The average Bonchev–Trinajstić information content (AvgIpc) is 3.33. The quantitative estimate of drug-likeness (QED) is 0.206. The van der Waals surface area contributed by atoms with Gasteiger partial charge in [0, 0.05) is 32.8 Å². The van der Waals surface area contributed by atoms with E-state index < -0.39 is 5.97 Å². The van der Waals surface area contributed by atoms with E-state index in [4.69, 9.17) is 26.4 Å². The lowest BCUT2D eigenvalue weighted by Gasteiger charge is -2.08. The van der Waals surface area contributed by atoms with Crippen LogP contribution < -0.4 is 0 Å². The zero-order chi connectivity index (χ0) is 24.6. The first-order chi connectivity index (χ1) is 16.2. The van der Waals surface area contributed by atoms with E-state index in [2.05, 4.69) is 18.8 Å². The van der Waals surface area contributed by atoms with Crippen molar-refractivity contribution in [2.75, 3.05) is 7.11 Å². The Balaban J connectivity index is 1.95. The molecule has 0 N–H and O–H groups in total. The number of thiazole rings is 1. The summed E-state index contributed by atoms with van der Waals surface area (Å²) in [6.07, 6.45) is 0. The largest absolute Gasteiger partial charge is 0.464 e. The van der Waals surface area contributed by atoms with Crippen molar-refractivity contribution in [1.29, 1.82) is 0 Å². The molecule has 4 aromatic rings. The molecule has 176 valence electrons. The summed E-state index contributed by atoms with van der Waals surface area (Å²) in [6, 6.07) is 11.5. The normalized spacial score (nSPS) is 11.3. The second-order valence-electron chi connectivity index (χ2n) is 8.16. The number of hydrogen-bond donors (Lipinski definition) is 0. The number of thioether (sulfide) groups is 1. The summed E-state index contributed by atoms with van der Waals surface area (Å²) in [6.45, 7) is 10.0. The topological polar surface area (TPSA) is 69.9 Å². The SMILES string of the molecule is COC(=O)c1c(-c2cc(C)nc(C)c2)c(C)nn1-c1nc(-c2cccc(Cl)c2)c(SC(C)C)s1. The van der Waals surface area contributed by atoms with Gasteiger partial charge in [-0.2, -0.15) is 9.78 Å². The summed E-state index contributed by atoms with van der Waals surface area (Å²) in [7, 11) is 1.38. The third kappa shape index (κ3) is 4.89. The maximum atomic E-state index is 13.0. The van der Waals surface area contributed by atoms with Gasteiger partial charge in [-0.1, -0.05) is 48.9 Å². The lowest BCUT2D eigenvalue weighted by Crippen LogP contribution is -2.11. The number of hydrogen-bond acceptors (Lipinski definition) is 7. The van der Waals surface area contributed by atoms with Gasteiger partial charge in [0.15, 0.2) is 5.69 Å². The Labute approximate surface area is 212 Å². The second-order valence-corrected chi connectivity index (χ2v) is 11.4. The highest BCUT2D eigenvalue weighted by Gasteiger charge is 2.28. The van der Waals surface area contributed by atoms with Crippen molar-refractivity contribution in [1.82, 2.24) is 19.7 Å². The van der Waals surface area contributed by atoms with Crippen molar-refractivity contribution < 1.29 is 9.53 Å². The highest BCUT2D eigenvalue weighted by molar-refractivity contribution is 8.01. The molecular formula is C25H25ClN4O2S2. The first-order valence-corrected chi connectivity index (χ1v) is 12.8. The van der Waals surface area contributed by atoms with E-state index in [1.165, 1.54) is 18.4 Å². The standard InChI is InChI=1S/C25H25ClN4O2S2/c1-13(2)33-24-21(17-8-7-9-19(26)12-17)28-25(34-24)30-22(23(31)32-6)20(16(5)29-30)18-10-14(3)27-15(4)11-18/h7-13H,1-6H3. The van der Waals surface area contributed by atoms with Gasteiger partial charge in [0.25, 0.3) is 0 Å². The van der Waals surface area contributed by atoms with E-state index in [-0.39, 0.29) is 0 Å². The van der Waals surface area contributed by atoms with Gasteiger partial charge in [0.05, 0.1) is 22.7 Å². The molecule has 0 atom stereocenters.